The van der Waals surface area contributed by atoms with E-state index in [2.05, 4.69) is 10.1 Å². The molecule has 0 fully saturated rings. The molecule has 0 saturated heterocycles. The molecule has 0 unspecified atom stereocenters. The van der Waals surface area contributed by atoms with Crippen molar-refractivity contribution in [2.75, 3.05) is 19.0 Å². The van der Waals surface area contributed by atoms with E-state index in [4.69, 9.17) is 4.74 Å². The van der Waals surface area contributed by atoms with Crippen LogP contribution in [0.1, 0.15) is 13.8 Å². The lowest BCUT2D eigenvalue weighted by atomic mass is 10.2. The lowest BCUT2D eigenvalue weighted by Crippen LogP contribution is -2.17. The SMILES string of the molecule is COC(=O)COc1ccc(NC(=O)C(C)C)cc1. The summed E-state index contributed by atoms with van der Waals surface area (Å²) in [5, 5.41) is 2.76. The predicted octanol–water partition coefficient (Wildman–Crippen LogP) is 1.83. The van der Waals surface area contributed by atoms with Crippen molar-refractivity contribution in [3.63, 3.8) is 0 Å². The second-order valence-corrected chi connectivity index (χ2v) is 4.03. The lowest BCUT2D eigenvalue weighted by molar-refractivity contribution is -0.142. The number of ether oxygens (including phenoxy) is 2. The third-order valence-corrected chi connectivity index (χ3v) is 2.23. The van der Waals surface area contributed by atoms with E-state index in [9.17, 15) is 9.59 Å². The highest BCUT2D eigenvalue weighted by molar-refractivity contribution is 5.92. The van der Waals surface area contributed by atoms with E-state index < -0.39 is 5.97 Å². The second-order valence-electron chi connectivity index (χ2n) is 4.03. The van der Waals surface area contributed by atoms with Crippen LogP contribution in [0.5, 0.6) is 5.75 Å². The lowest BCUT2D eigenvalue weighted by Gasteiger charge is -2.09. The number of nitrogens with one attached hydrogen (secondary N) is 1. The fourth-order valence-corrected chi connectivity index (χ4v) is 1.12. The number of hydrogen-bond acceptors (Lipinski definition) is 4. The van der Waals surface area contributed by atoms with Crippen LogP contribution in [0, 0.1) is 5.92 Å². The molecule has 1 aromatic rings. The second kappa shape index (κ2) is 6.64. The van der Waals surface area contributed by atoms with Crippen molar-refractivity contribution in [2.45, 2.75) is 13.8 Å². The first-order chi connectivity index (χ1) is 8.52. The Morgan fingerprint density at radius 3 is 2.33 bits per heavy atom. The molecule has 1 aromatic carbocycles. The maximum atomic E-state index is 11.4. The van der Waals surface area contributed by atoms with Crippen molar-refractivity contribution >= 4 is 17.6 Å². The number of benzene rings is 1. The zero-order chi connectivity index (χ0) is 13.5. The van der Waals surface area contributed by atoms with Crippen molar-refractivity contribution in [1.82, 2.24) is 0 Å². The summed E-state index contributed by atoms with van der Waals surface area (Å²) in [6, 6.07) is 6.79. The third kappa shape index (κ3) is 4.45. The number of anilines is 1. The van der Waals surface area contributed by atoms with Crippen molar-refractivity contribution in [3.8, 4) is 5.75 Å². The van der Waals surface area contributed by atoms with E-state index >= 15 is 0 Å². The van der Waals surface area contributed by atoms with Gasteiger partial charge in [-0.25, -0.2) is 4.79 Å². The van der Waals surface area contributed by atoms with Crippen LogP contribution in [0.25, 0.3) is 0 Å². The molecule has 0 atom stereocenters. The van der Waals surface area contributed by atoms with Crippen LogP contribution in [0.2, 0.25) is 0 Å². The molecule has 1 N–H and O–H groups in total. The third-order valence-electron chi connectivity index (χ3n) is 2.23. The highest BCUT2D eigenvalue weighted by Gasteiger charge is 2.07. The van der Waals surface area contributed by atoms with Crippen LogP contribution >= 0.6 is 0 Å². The molecule has 1 rings (SSSR count). The molecule has 5 nitrogen and oxygen atoms in total. The number of esters is 1. The van der Waals surface area contributed by atoms with Crippen molar-refractivity contribution in [3.05, 3.63) is 24.3 Å². The van der Waals surface area contributed by atoms with Gasteiger partial charge < -0.3 is 14.8 Å². The van der Waals surface area contributed by atoms with Gasteiger partial charge in [0.2, 0.25) is 5.91 Å². The molecule has 18 heavy (non-hydrogen) atoms. The zero-order valence-corrected chi connectivity index (χ0v) is 10.7. The molecule has 0 radical (unpaired) electrons. The van der Waals surface area contributed by atoms with Gasteiger partial charge >= 0.3 is 5.97 Å². The summed E-state index contributed by atoms with van der Waals surface area (Å²) in [7, 11) is 1.30. The molecule has 1 amide bonds. The van der Waals surface area contributed by atoms with Gasteiger partial charge in [-0.05, 0) is 24.3 Å². The minimum Gasteiger partial charge on any atom is -0.482 e. The van der Waals surface area contributed by atoms with Gasteiger partial charge in [-0.3, -0.25) is 4.79 Å². The number of methoxy groups -OCH3 is 1. The molecule has 0 aliphatic rings. The zero-order valence-electron chi connectivity index (χ0n) is 10.7. The van der Waals surface area contributed by atoms with E-state index in [0.29, 0.717) is 11.4 Å². The monoisotopic (exact) mass is 251 g/mol. The highest BCUT2D eigenvalue weighted by Crippen LogP contribution is 2.16. The Morgan fingerprint density at radius 1 is 1.22 bits per heavy atom. The molecular weight excluding hydrogens is 234 g/mol. The van der Waals surface area contributed by atoms with Gasteiger partial charge in [0.1, 0.15) is 5.75 Å². The summed E-state index contributed by atoms with van der Waals surface area (Å²) in [5.41, 5.74) is 0.694. The smallest absolute Gasteiger partial charge is 0.343 e. The molecule has 0 spiro atoms. The van der Waals surface area contributed by atoms with Crippen LogP contribution in [0.3, 0.4) is 0 Å². The standard InChI is InChI=1S/C13H17NO4/c1-9(2)13(16)14-10-4-6-11(7-5-10)18-8-12(15)17-3/h4-7,9H,8H2,1-3H3,(H,14,16). The summed E-state index contributed by atoms with van der Waals surface area (Å²) < 4.78 is 9.63. The maximum Gasteiger partial charge on any atom is 0.343 e. The number of carbonyl (C=O) groups is 2. The summed E-state index contributed by atoms with van der Waals surface area (Å²) >= 11 is 0. The Labute approximate surface area is 106 Å². The first-order valence-corrected chi connectivity index (χ1v) is 5.63. The van der Waals surface area contributed by atoms with Crippen molar-refractivity contribution in [2.24, 2.45) is 5.92 Å². The van der Waals surface area contributed by atoms with Crippen molar-refractivity contribution < 1.29 is 19.1 Å². The van der Waals surface area contributed by atoms with E-state index in [1.807, 2.05) is 13.8 Å². The van der Waals surface area contributed by atoms with Gasteiger partial charge in [-0.15, -0.1) is 0 Å². The Morgan fingerprint density at radius 2 is 1.83 bits per heavy atom. The summed E-state index contributed by atoms with van der Waals surface area (Å²) in [6.07, 6.45) is 0. The number of rotatable bonds is 5. The summed E-state index contributed by atoms with van der Waals surface area (Å²) in [6.45, 7) is 3.51. The van der Waals surface area contributed by atoms with Gasteiger partial charge in [-0.2, -0.15) is 0 Å². The van der Waals surface area contributed by atoms with Crippen molar-refractivity contribution in [1.29, 1.82) is 0 Å². The Kier molecular flexibility index (Phi) is 5.17. The first-order valence-electron chi connectivity index (χ1n) is 5.63. The molecule has 0 aromatic heterocycles. The van der Waals surface area contributed by atoms with Crippen LogP contribution in [0.4, 0.5) is 5.69 Å². The minimum absolute atomic E-state index is 0.0433. The Bertz CT molecular complexity index is 412. The van der Waals surface area contributed by atoms with Gasteiger partial charge in [0, 0.05) is 11.6 Å². The number of carbonyl (C=O) groups excluding carboxylic acids is 2. The molecule has 5 heteroatoms. The normalized spacial score (nSPS) is 10.0. The Balaban J connectivity index is 2.52. The molecular formula is C13H17NO4. The number of hydrogen-bond donors (Lipinski definition) is 1. The molecule has 0 bridgehead atoms. The minimum atomic E-state index is -0.438. The fraction of sp³-hybridized carbons (Fsp3) is 0.385. The topological polar surface area (TPSA) is 64.6 Å². The maximum absolute atomic E-state index is 11.4. The van der Waals surface area contributed by atoms with E-state index in [-0.39, 0.29) is 18.4 Å². The Hall–Kier alpha value is -2.04. The average Bonchev–Trinajstić information content (AvgIpc) is 2.37. The average molecular weight is 251 g/mol. The van der Waals surface area contributed by atoms with Crippen LogP contribution in [0.15, 0.2) is 24.3 Å². The molecule has 98 valence electrons. The quantitative estimate of drug-likeness (QED) is 0.811. The predicted molar refractivity (Wildman–Crippen MR) is 67.4 cm³/mol. The number of amides is 1. The molecule has 0 aliphatic heterocycles. The summed E-state index contributed by atoms with van der Waals surface area (Å²) in [4.78, 5) is 22.3. The largest absolute Gasteiger partial charge is 0.482 e. The highest BCUT2D eigenvalue weighted by atomic mass is 16.6. The van der Waals surface area contributed by atoms with Crippen LogP contribution in [-0.4, -0.2) is 25.6 Å². The summed E-state index contributed by atoms with van der Waals surface area (Å²) in [5.74, 6) is -0.00591. The van der Waals surface area contributed by atoms with Gasteiger partial charge in [-0.1, -0.05) is 13.8 Å². The first kappa shape index (κ1) is 14.0. The van der Waals surface area contributed by atoms with E-state index in [1.54, 1.807) is 24.3 Å². The van der Waals surface area contributed by atoms with Gasteiger partial charge in [0.25, 0.3) is 0 Å². The van der Waals surface area contributed by atoms with E-state index in [1.165, 1.54) is 7.11 Å². The molecule has 0 saturated carbocycles. The van der Waals surface area contributed by atoms with E-state index in [0.717, 1.165) is 0 Å². The fourth-order valence-electron chi connectivity index (χ4n) is 1.12. The van der Waals surface area contributed by atoms with Gasteiger partial charge in [0.15, 0.2) is 6.61 Å². The van der Waals surface area contributed by atoms with Crippen LogP contribution < -0.4 is 10.1 Å². The van der Waals surface area contributed by atoms with Gasteiger partial charge in [0.05, 0.1) is 7.11 Å². The molecule has 0 heterocycles. The van der Waals surface area contributed by atoms with Crippen LogP contribution in [-0.2, 0) is 14.3 Å². The molecule has 0 aliphatic carbocycles.